The minimum absolute atomic E-state index is 0.438. The molecule has 0 atom stereocenters. The SMILES string of the molecule is Cc1ccc(/C=N/n2c(Cn3cncn3)n[nH]c2=S)cc1. The van der Waals surface area contributed by atoms with Crippen LogP contribution in [0.1, 0.15) is 17.0 Å². The Morgan fingerprint density at radius 1 is 1.33 bits per heavy atom. The monoisotopic (exact) mass is 299 g/mol. The molecule has 3 rings (SSSR count). The van der Waals surface area contributed by atoms with Gasteiger partial charge in [-0.25, -0.2) is 9.67 Å². The number of hydrogen-bond donors (Lipinski definition) is 1. The molecule has 0 aliphatic rings. The van der Waals surface area contributed by atoms with E-state index in [1.54, 1.807) is 21.9 Å². The first-order chi connectivity index (χ1) is 10.2. The summed E-state index contributed by atoms with van der Waals surface area (Å²) < 4.78 is 3.67. The summed E-state index contributed by atoms with van der Waals surface area (Å²) in [4.78, 5) is 3.90. The van der Waals surface area contributed by atoms with Gasteiger partial charge >= 0.3 is 0 Å². The maximum Gasteiger partial charge on any atom is 0.216 e. The fourth-order valence-electron chi connectivity index (χ4n) is 1.78. The Hall–Kier alpha value is -2.61. The highest BCUT2D eigenvalue weighted by atomic mass is 32.1. The van der Waals surface area contributed by atoms with E-state index >= 15 is 0 Å². The van der Waals surface area contributed by atoms with E-state index in [4.69, 9.17) is 12.2 Å². The number of aromatic nitrogens is 6. The van der Waals surface area contributed by atoms with Crippen molar-refractivity contribution in [3.63, 3.8) is 0 Å². The minimum atomic E-state index is 0.438. The van der Waals surface area contributed by atoms with E-state index in [9.17, 15) is 0 Å². The molecule has 106 valence electrons. The number of benzene rings is 1. The van der Waals surface area contributed by atoms with Gasteiger partial charge in [0.1, 0.15) is 19.2 Å². The lowest BCUT2D eigenvalue weighted by atomic mass is 10.2. The maximum absolute atomic E-state index is 5.19. The van der Waals surface area contributed by atoms with Gasteiger partial charge in [-0.15, -0.1) is 0 Å². The van der Waals surface area contributed by atoms with Gasteiger partial charge < -0.3 is 0 Å². The number of nitrogens with zero attached hydrogens (tertiary/aromatic N) is 6. The lowest BCUT2D eigenvalue weighted by molar-refractivity contribution is 0.623. The van der Waals surface area contributed by atoms with Crippen LogP contribution < -0.4 is 0 Å². The molecule has 2 aromatic heterocycles. The average Bonchev–Trinajstić information content (AvgIpc) is 3.10. The lowest BCUT2D eigenvalue weighted by Crippen LogP contribution is -2.06. The molecule has 2 heterocycles. The van der Waals surface area contributed by atoms with Gasteiger partial charge in [0.25, 0.3) is 0 Å². The fourth-order valence-corrected chi connectivity index (χ4v) is 1.98. The molecule has 0 aliphatic carbocycles. The van der Waals surface area contributed by atoms with Crippen LogP contribution in [-0.2, 0) is 6.54 Å². The zero-order chi connectivity index (χ0) is 14.7. The van der Waals surface area contributed by atoms with Gasteiger partial charge in [0.15, 0.2) is 5.82 Å². The Labute approximate surface area is 126 Å². The van der Waals surface area contributed by atoms with Gasteiger partial charge in [-0.2, -0.15) is 20.0 Å². The second kappa shape index (κ2) is 5.80. The molecule has 0 saturated heterocycles. The van der Waals surface area contributed by atoms with Crippen molar-refractivity contribution in [2.24, 2.45) is 5.10 Å². The summed E-state index contributed by atoms with van der Waals surface area (Å²) >= 11 is 5.19. The number of nitrogens with one attached hydrogen (secondary N) is 1. The van der Waals surface area contributed by atoms with E-state index in [1.807, 2.05) is 31.2 Å². The van der Waals surface area contributed by atoms with Crippen molar-refractivity contribution in [1.29, 1.82) is 0 Å². The van der Waals surface area contributed by atoms with Gasteiger partial charge in [-0.05, 0) is 24.7 Å². The third kappa shape index (κ3) is 3.11. The van der Waals surface area contributed by atoms with Crippen LogP contribution in [0.3, 0.4) is 0 Å². The number of rotatable bonds is 4. The molecule has 0 aliphatic heterocycles. The Kier molecular flexibility index (Phi) is 3.69. The van der Waals surface area contributed by atoms with Gasteiger partial charge in [0.2, 0.25) is 4.77 Å². The van der Waals surface area contributed by atoms with Crippen LogP contribution in [0, 0.1) is 11.7 Å². The first-order valence-corrected chi connectivity index (χ1v) is 6.73. The number of hydrogen-bond acceptors (Lipinski definition) is 5. The summed E-state index contributed by atoms with van der Waals surface area (Å²) in [6.07, 6.45) is 4.84. The second-order valence-electron chi connectivity index (χ2n) is 4.51. The number of aryl methyl sites for hydroxylation is 1. The highest BCUT2D eigenvalue weighted by molar-refractivity contribution is 7.71. The fraction of sp³-hybridized carbons (Fsp3) is 0.154. The summed E-state index contributed by atoms with van der Waals surface area (Å²) in [5.74, 6) is 0.661. The molecule has 0 fully saturated rings. The Bertz CT molecular complexity index is 796. The molecule has 0 radical (unpaired) electrons. The van der Waals surface area contributed by atoms with Crippen LogP contribution in [0.25, 0.3) is 0 Å². The Balaban J connectivity index is 1.86. The third-order valence-electron chi connectivity index (χ3n) is 2.89. The van der Waals surface area contributed by atoms with E-state index in [-0.39, 0.29) is 0 Å². The molecular weight excluding hydrogens is 286 g/mol. The highest BCUT2D eigenvalue weighted by Crippen LogP contribution is 2.03. The summed E-state index contributed by atoms with van der Waals surface area (Å²) in [6.45, 7) is 2.49. The van der Waals surface area contributed by atoms with Crippen molar-refractivity contribution >= 4 is 18.4 Å². The van der Waals surface area contributed by atoms with Gasteiger partial charge in [0.05, 0.1) is 6.21 Å². The largest absolute Gasteiger partial charge is 0.250 e. The highest BCUT2D eigenvalue weighted by Gasteiger charge is 2.06. The van der Waals surface area contributed by atoms with Crippen molar-refractivity contribution in [3.05, 3.63) is 58.6 Å². The predicted octanol–water partition coefficient (Wildman–Crippen LogP) is 1.77. The Morgan fingerprint density at radius 2 is 2.14 bits per heavy atom. The molecule has 8 heteroatoms. The Morgan fingerprint density at radius 3 is 2.86 bits per heavy atom. The molecule has 0 unspecified atom stereocenters. The quantitative estimate of drug-likeness (QED) is 0.588. The lowest BCUT2D eigenvalue weighted by Gasteiger charge is -2.00. The number of H-pyrrole nitrogens is 1. The van der Waals surface area contributed by atoms with Gasteiger partial charge in [0, 0.05) is 0 Å². The van der Waals surface area contributed by atoms with Crippen molar-refractivity contribution in [2.75, 3.05) is 0 Å². The van der Waals surface area contributed by atoms with Crippen LogP contribution in [0.4, 0.5) is 0 Å². The van der Waals surface area contributed by atoms with Crippen LogP contribution in [-0.4, -0.2) is 35.9 Å². The molecule has 0 spiro atoms. The van der Waals surface area contributed by atoms with Crippen molar-refractivity contribution in [2.45, 2.75) is 13.5 Å². The van der Waals surface area contributed by atoms with Crippen LogP contribution in [0.2, 0.25) is 0 Å². The number of aromatic amines is 1. The van der Waals surface area contributed by atoms with E-state index in [2.05, 4.69) is 25.4 Å². The smallest absolute Gasteiger partial charge is 0.216 e. The molecule has 21 heavy (non-hydrogen) atoms. The molecular formula is C13H13N7S. The molecule has 0 saturated carbocycles. The third-order valence-corrected chi connectivity index (χ3v) is 3.15. The van der Waals surface area contributed by atoms with E-state index in [1.165, 1.54) is 11.9 Å². The first-order valence-electron chi connectivity index (χ1n) is 6.32. The van der Waals surface area contributed by atoms with E-state index in [0.29, 0.717) is 17.1 Å². The molecule has 1 N–H and O–H groups in total. The molecule has 1 aromatic carbocycles. The summed E-state index contributed by atoms with van der Waals surface area (Å²) in [6, 6.07) is 8.07. The van der Waals surface area contributed by atoms with Gasteiger partial charge in [-0.1, -0.05) is 29.8 Å². The van der Waals surface area contributed by atoms with Crippen LogP contribution in [0.15, 0.2) is 42.0 Å². The van der Waals surface area contributed by atoms with Gasteiger partial charge in [-0.3, -0.25) is 5.10 Å². The minimum Gasteiger partial charge on any atom is -0.250 e. The molecule has 3 aromatic rings. The maximum atomic E-state index is 5.19. The van der Waals surface area contributed by atoms with Crippen molar-refractivity contribution in [3.8, 4) is 0 Å². The summed E-state index contributed by atoms with van der Waals surface area (Å²) in [5.41, 5.74) is 2.20. The van der Waals surface area contributed by atoms with Crippen LogP contribution in [0.5, 0.6) is 0 Å². The molecule has 0 amide bonds. The van der Waals surface area contributed by atoms with E-state index in [0.717, 1.165) is 5.56 Å². The zero-order valence-corrected chi connectivity index (χ0v) is 12.2. The van der Waals surface area contributed by atoms with Crippen molar-refractivity contribution < 1.29 is 0 Å². The topological polar surface area (TPSA) is 76.7 Å². The molecule has 0 bridgehead atoms. The standard InChI is InChI=1S/C13H13N7S/c1-10-2-4-11(5-3-10)6-15-20-12(17-18-13(20)21)7-19-9-14-8-16-19/h2-6,8-9H,7H2,1H3,(H,18,21)/b15-6+. The first kappa shape index (κ1) is 13.4. The second-order valence-corrected chi connectivity index (χ2v) is 4.89. The average molecular weight is 299 g/mol. The predicted molar refractivity (Wildman–Crippen MR) is 80.7 cm³/mol. The summed E-state index contributed by atoms with van der Waals surface area (Å²) in [7, 11) is 0. The summed E-state index contributed by atoms with van der Waals surface area (Å²) in [5, 5.41) is 15.3. The van der Waals surface area contributed by atoms with E-state index < -0.39 is 0 Å². The van der Waals surface area contributed by atoms with Crippen LogP contribution >= 0.6 is 12.2 Å². The zero-order valence-electron chi connectivity index (χ0n) is 11.3. The van der Waals surface area contributed by atoms with Crippen molar-refractivity contribution in [1.82, 2.24) is 29.6 Å². The molecule has 7 nitrogen and oxygen atoms in total. The normalized spacial score (nSPS) is 11.3.